The second kappa shape index (κ2) is 6.50. The SMILES string of the molecule is C/C(=C\n1c2c(c3cc(C)ccc31)CN(C)CC2)c1cc(F)c(O)c(F)c1. The van der Waals surface area contributed by atoms with Gasteiger partial charge in [-0.05, 0) is 61.9 Å². The van der Waals surface area contributed by atoms with Crippen LogP contribution in [0.1, 0.15) is 29.3 Å². The lowest BCUT2D eigenvalue weighted by atomic mass is 10.0. The summed E-state index contributed by atoms with van der Waals surface area (Å²) in [5.74, 6) is -2.84. The van der Waals surface area contributed by atoms with Gasteiger partial charge in [-0.15, -0.1) is 0 Å². The molecule has 2 aromatic carbocycles. The Kier molecular flexibility index (Phi) is 4.27. The van der Waals surface area contributed by atoms with Crippen molar-refractivity contribution >= 4 is 22.7 Å². The summed E-state index contributed by atoms with van der Waals surface area (Å²) in [6.45, 7) is 5.76. The molecular formula is C22H22F2N2O. The summed E-state index contributed by atoms with van der Waals surface area (Å²) in [4.78, 5) is 2.30. The number of fused-ring (bicyclic) bond motifs is 3. The summed E-state index contributed by atoms with van der Waals surface area (Å²) >= 11 is 0. The molecule has 0 radical (unpaired) electrons. The van der Waals surface area contributed by atoms with Gasteiger partial charge < -0.3 is 14.6 Å². The Balaban J connectivity index is 1.90. The van der Waals surface area contributed by atoms with E-state index in [1.807, 2.05) is 13.1 Å². The van der Waals surface area contributed by atoms with Crippen molar-refractivity contribution in [1.29, 1.82) is 0 Å². The molecule has 140 valence electrons. The number of rotatable bonds is 2. The van der Waals surface area contributed by atoms with Gasteiger partial charge in [0.2, 0.25) is 0 Å². The molecule has 0 bridgehead atoms. The number of likely N-dealkylation sites (N-methyl/N-ethyl adjacent to an activating group) is 1. The van der Waals surface area contributed by atoms with Crippen molar-refractivity contribution in [2.75, 3.05) is 13.6 Å². The molecule has 1 aliphatic rings. The summed E-state index contributed by atoms with van der Waals surface area (Å²) in [6.07, 6.45) is 2.86. The first-order chi connectivity index (χ1) is 12.8. The van der Waals surface area contributed by atoms with Crippen molar-refractivity contribution in [1.82, 2.24) is 9.47 Å². The van der Waals surface area contributed by atoms with E-state index >= 15 is 0 Å². The molecule has 0 fully saturated rings. The van der Waals surface area contributed by atoms with Crippen LogP contribution in [-0.2, 0) is 13.0 Å². The maximum atomic E-state index is 13.8. The first-order valence-electron chi connectivity index (χ1n) is 9.03. The monoisotopic (exact) mass is 368 g/mol. The molecule has 2 heterocycles. The number of allylic oxidation sites excluding steroid dienone is 1. The van der Waals surface area contributed by atoms with Crippen LogP contribution in [0.25, 0.3) is 22.7 Å². The molecule has 0 spiro atoms. The van der Waals surface area contributed by atoms with Gasteiger partial charge in [0.15, 0.2) is 17.4 Å². The first-order valence-corrected chi connectivity index (χ1v) is 9.03. The third-order valence-corrected chi connectivity index (χ3v) is 5.33. The van der Waals surface area contributed by atoms with Gasteiger partial charge in [-0.1, -0.05) is 11.6 Å². The first kappa shape index (κ1) is 17.7. The van der Waals surface area contributed by atoms with Crippen LogP contribution >= 0.6 is 0 Å². The fourth-order valence-corrected chi connectivity index (χ4v) is 3.85. The Labute approximate surface area is 157 Å². The molecule has 27 heavy (non-hydrogen) atoms. The van der Waals surface area contributed by atoms with E-state index in [0.717, 1.165) is 30.6 Å². The van der Waals surface area contributed by atoms with Gasteiger partial charge in [-0.3, -0.25) is 0 Å². The van der Waals surface area contributed by atoms with E-state index in [4.69, 9.17) is 0 Å². The minimum atomic E-state index is -0.950. The summed E-state index contributed by atoms with van der Waals surface area (Å²) in [5.41, 5.74) is 6.01. The number of phenolic OH excluding ortho intramolecular Hbond substituents is 1. The minimum absolute atomic E-state index is 0.415. The topological polar surface area (TPSA) is 28.4 Å². The van der Waals surface area contributed by atoms with Gasteiger partial charge in [0, 0.05) is 36.8 Å². The summed E-state index contributed by atoms with van der Waals surface area (Å²) < 4.78 is 29.7. The number of phenols is 1. The number of hydrogen-bond acceptors (Lipinski definition) is 2. The van der Waals surface area contributed by atoms with Crippen molar-refractivity contribution in [3.8, 4) is 5.75 Å². The van der Waals surface area contributed by atoms with Crippen LogP contribution in [0.5, 0.6) is 5.75 Å². The zero-order valence-corrected chi connectivity index (χ0v) is 15.7. The van der Waals surface area contributed by atoms with Gasteiger partial charge in [0.25, 0.3) is 0 Å². The van der Waals surface area contributed by atoms with Crippen LogP contribution in [-0.4, -0.2) is 28.2 Å². The van der Waals surface area contributed by atoms with Crippen molar-refractivity contribution in [3.63, 3.8) is 0 Å². The van der Waals surface area contributed by atoms with Crippen molar-refractivity contribution in [2.24, 2.45) is 0 Å². The second-order valence-electron chi connectivity index (χ2n) is 7.40. The molecular weight excluding hydrogens is 346 g/mol. The van der Waals surface area contributed by atoms with E-state index in [2.05, 4.69) is 41.6 Å². The lowest BCUT2D eigenvalue weighted by Crippen LogP contribution is -2.26. The van der Waals surface area contributed by atoms with Crippen LogP contribution in [0.3, 0.4) is 0 Å². The number of halogens is 2. The van der Waals surface area contributed by atoms with E-state index in [-0.39, 0.29) is 0 Å². The zero-order valence-electron chi connectivity index (χ0n) is 15.7. The van der Waals surface area contributed by atoms with Crippen LogP contribution in [0.15, 0.2) is 30.3 Å². The number of aromatic nitrogens is 1. The summed E-state index contributed by atoms with van der Waals surface area (Å²) in [7, 11) is 2.12. The highest BCUT2D eigenvalue weighted by Gasteiger charge is 2.22. The van der Waals surface area contributed by atoms with Crippen LogP contribution < -0.4 is 0 Å². The van der Waals surface area contributed by atoms with Gasteiger partial charge >= 0.3 is 0 Å². The van der Waals surface area contributed by atoms with Crippen molar-refractivity contribution in [2.45, 2.75) is 26.8 Å². The normalized spacial score (nSPS) is 15.4. The Morgan fingerprint density at radius 3 is 2.56 bits per heavy atom. The Hall–Kier alpha value is -2.66. The molecule has 0 saturated carbocycles. The minimum Gasteiger partial charge on any atom is -0.503 e. The lowest BCUT2D eigenvalue weighted by Gasteiger charge is -2.23. The standard InChI is InChI=1S/C22H22F2N2O/c1-13-4-5-20-16(8-13)17-12-25(3)7-6-21(17)26(20)11-14(2)15-9-18(23)22(27)19(24)10-15/h4-5,8-11,27H,6-7,12H2,1-3H3/b14-11+. The smallest absolute Gasteiger partial charge is 0.187 e. The quantitative estimate of drug-likeness (QED) is 0.694. The molecule has 3 aromatic rings. The van der Waals surface area contributed by atoms with E-state index in [1.54, 1.807) is 0 Å². The Morgan fingerprint density at radius 1 is 1.15 bits per heavy atom. The highest BCUT2D eigenvalue weighted by molar-refractivity contribution is 5.90. The van der Waals surface area contributed by atoms with Crippen LogP contribution in [0.4, 0.5) is 8.78 Å². The zero-order chi connectivity index (χ0) is 19.3. The summed E-state index contributed by atoms with van der Waals surface area (Å²) in [5, 5.41) is 10.6. The third-order valence-electron chi connectivity index (χ3n) is 5.33. The van der Waals surface area contributed by atoms with Crippen LogP contribution in [0.2, 0.25) is 0 Å². The van der Waals surface area contributed by atoms with Crippen molar-refractivity contribution < 1.29 is 13.9 Å². The molecule has 3 nitrogen and oxygen atoms in total. The molecule has 1 aliphatic heterocycles. The Bertz CT molecular complexity index is 1060. The molecule has 1 aromatic heterocycles. The van der Waals surface area contributed by atoms with Gasteiger partial charge in [0.05, 0.1) is 5.52 Å². The number of nitrogens with zero attached hydrogens (tertiary/aromatic N) is 2. The maximum absolute atomic E-state index is 13.8. The molecule has 0 aliphatic carbocycles. The van der Waals surface area contributed by atoms with Gasteiger partial charge in [-0.25, -0.2) is 8.78 Å². The fraction of sp³-hybridized carbons (Fsp3) is 0.273. The van der Waals surface area contributed by atoms with Crippen molar-refractivity contribution in [3.05, 3.63) is 64.4 Å². The molecule has 1 N–H and O–H groups in total. The predicted octanol–water partition coefficient (Wildman–Crippen LogP) is 4.94. The molecule has 5 heteroatoms. The lowest BCUT2D eigenvalue weighted by molar-refractivity contribution is 0.312. The molecule has 0 atom stereocenters. The molecule has 0 unspecified atom stereocenters. The van der Waals surface area contributed by atoms with Gasteiger partial charge in [0.1, 0.15) is 0 Å². The molecule has 4 rings (SSSR count). The van der Waals surface area contributed by atoms with E-state index in [1.165, 1.54) is 34.3 Å². The predicted molar refractivity (Wildman–Crippen MR) is 105 cm³/mol. The molecule has 0 saturated heterocycles. The highest BCUT2D eigenvalue weighted by Crippen LogP contribution is 2.33. The average molecular weight is 368 g/mol. The number of hydrogen-bond donors (Lipinski definition) is 1. The third kappa shape index (κ3) is 3.02. The highest BCUT2D eigenvalue weighted by atomic mass is 19.1. The van der Waals surface area contributed by atoms with E-state index in [0.29, 0.717) is 5.56 Å². The maximum Gasteiger partial charge on any atom is 0.187 e. The van der Waals surface area contributed by atoms with Gasteiger partial charge in [-0.2, -0.15) is 0 Å². The van der Waals surface area contributed by atoms with Crippen LogP contribution in [0, 0.1) is 18.6 Å². The average Bonchev–Trinajstić information content (AvgIpc) is 2.91. The summed E-state index contributed by atoms with van der Waals surface area (Å²) in [6, 6.07) is 8.72. The largest absolute Gasteiger partial charge is 0.503 e. The van der Waals surface area contributed by atoms with E-state index < -0.39 is 17.4 Å². The van der Waals surface area contributed by atoms with E-state index in [9.17, 15) is 13.9 Å². The number of aromatic hydroxyl groups is 1. The molecule has 0 amide bonds. The number of benzene rings is 2. The second-order valence-corrected chi connectivity index (χ2v) is 7.40. The number of aryl methyl sites for hydroxylation is 1. The Morgan fingerprint density at radius 2 is 1.85 bits per heavy atom. The fourth-order valence-electron chi connectivity index (χ4n) is 3.85.